The Morgan fingerprint density at radius 1 is 1.16 bits per heavy atom. The van der Waals surface area contributed by atoms with Gasteiger partial charge in [-0.05, 0) is 31.0 Å². The van der Waals surface area contributed by atoms with Gasteiger partial charge in [0, 0.05) is 18.7 Å². The van der Waals surface area contributed by atoms with Crippen molar-refractivity contribution < 1.29 is 35.9 Å². The summed E-state index contributed by atoms with van der Waals surface area (Å²) in [5.41, 5.74) is 5.52. The summed E-state index contributed by atoms with van der Waals surface area (Å²) < 4.78 is 78.8. The molecule has 1 amide bonds. The molecule has 1 aliphatic rings. The molecular weight excluding hydrogens is 354 g/mol. The Morgan fingerprint density at radius 2 is 1.76 bits per heavy atom. The van der Waals surface area contributed by atoms with Crippen molar-refractivity contribution in [2.75, 3.05) is 25.4 Å². The molecule has 0 atom stereocenters. The predicted octanol–water partition coefficient (Wildman–Crippen LogP) is 3.62. The summed E-state index contributed by atoms with van der Waals surface area (Å²) in [5, 5.41) is 0. The molecule has 1 heterocycles. The molecule has 2 N–H and O–H groups in total. The molecule has 0 saturated carbocycles. The minimum Gasteiger partial charge on any atom is -0.482 e. The van der Waals surface area contributed by atoms with Crippen molar-refractivity contribution in [2.24, 2.45) is 5.92 Å². The molecule has 1 fully saturated rings. The molecule has 0 unspecified atom stereocenters. The van der Waals surface area contributed by atoms with Gasteiger partial charge >= 0.3 is 12.4 Å². The van der Waals surface area contributed by atoms with Gasteiger partial charge in [-0.25, -0.2) is 0 Å². The number of amides is 1. The van der Waals surface area contributed by atoms with Crippen LogP contribution in [0.15, 0.2) is 18.2 Å². The third kappa shape index (κ3) is 5.17. The average Bonchev–Trinajstić information content (AvgIpc) is 2.51. The number of nitrogen functional groups attached to an aromatic ring is 1. The maximum absolute atomic E-state index is 12.6. The molecule has 2 rings (SSSR count). The zero-order valence-electron chi connectivity index (χ0n) is 13.0. The van der Waals surface area contributed by atoms with Crippen LogP contribution in [0.3, 0.4) is 0 Å². The van der Waals surface area contributed by atoms with Gasteiger partial charge in [0.2, 0.25) is 0 Å². The number of nitrogens with zero attached hydrogens (tertiary/aromatic N) is 1. The fourth-order valence-electron chi connectivity index (χ4n) is 2.56. The molecule has 1 aliphatic heterocycles. The van der Waals surface area contributed by atoms with Crippen LogP contribution < -0.4 is 10.5 Å². The van der Waals surface area contributed by atoms with Crippen LogP contribution in [0.5, 0.6) is 5.75 Å². The first-order chi connectivity index (χ1) is 11.5. The second kappa shape index (κ2) is 7.01. The first-order valence-corrected chi connectivity index (χ1v) is 7.42. The van der Waals surface area contributed by atoms with Crippen molar-refractivity contribution in [3.05, 3.63) is 23.8 Å². The van der Waals surface area contributed by atoms with Crippen molar-refractivity contribution in [2.45, 2.75) is 25.2 Å². The number of piperidine rings is 1. The predicted molar refractivity (Wildman–Crippen MR) is 77.1 cm³/mol. The molecule has 0 aromatic heterocycles. The van der Waals surface area contributed by atoms with E-state index in [2.05, 4.69) is 4.74 Å². The minimum absolute atomic E-state index is 0.0464. The van der Waals surface area contributed by atoms with Gasteiger partial charge in [0.15, 0.2) is 6.61 Å². The van der Waals surface area contributed by atoms with Crippen LogP contribution in [0.1, 0.15) is 23.2 Å². The summed E-state index contributed by atoms with van der Waals surface area (Å²) >= 11 is 0. The summed E-state index contributed by atoms with van der Waals surface area (Å²) in [4.78, 5) is 13.6. The number of nitrogens with two attached hydrogens (primary N) is 1. The molecule has 1 aromatic carbocycles. The zero-order chi connectivity index (χ0) is 18.8. The van der Waals surface area contributed by atoms with Crippen LogP contribution in [0.4, 0.5) is 32.0 Å². The van der Waals surface area contributed by atoms with Gasteiger partial charge in [0.25, 0.3) is 5.91 Å². The van der Waals surface area contributed by atoms with Gasteiger partial charge in [-0.2, -0.15) is 26.3 Å². The lowest BCUT2D eigenvalue weighted by Gasteiger charge is -2.33. The van der Waals surface area contributed by atoms with Crippen molar-refractivity contribution in [1.82, 2.24) is 4.90 Å². The second-order valence-electron chi connectivity index (χ2n) is 5.76. The lowest BCUT2D eigenvalue weighted by atomic mass is 9.96. The number of carbonyl (C=O) groups is 1. The number of hydrogen-bond acceptors (Lipinski definition) is 3. The Hall–Kier alpha value is -2.13. The Kier molecular flexibility index (Phi) is 5.38. The second-order valence-corrected chi connectivity index (χ2v) is 5.76. The smallest absolute Gasteiger partial charge is 0.422 e. The standard InChI is InChI=1S/C15H16F6N2O2/c16-14(17,18)8-25-12-2-1-9(7-11(12)22)13(24)23-5-3-10(4-6-23)15(19,20)21/h1-2,7,10H,3-6,8,22H2. The first-order valence-electron chi connectivity index (χ1n) is 7.42. The van der Waals surface area contributed by atoms with Gasteiger partial charge < -0.3 is 15.4 Å². The van der Waals surface area contributed by atoms with Gasteiger partial charge in [-0.15, -0.1) is 0 Å². The van der Waals surface area contributed by atoms with Crippen LogP contribution in [0, 0.1) is 5.92 Å². The number of rotatable bonds is 3. The van der Waals surface area contributed by atoms with Crippen LogP contribution in [0.25, 0.3) is 0 Å². The lowest BCUT2D eigenvalue weighted by molar-refractivity contribution is -0.183. The maximum atomic E-state index is 12.6. The SMILES string of the molecule is Nc1cc(C(=O)N2CCC(C(F)(F)F)CC2)ccc1OCC(F)(F)F. The number of likely N-dealkylation sites (tertiary alicyclic amines) is 1. The lowest BCUT2D eigenvalue weighted by Crippen LogP contribution is -2.42. The number of anilines is 1. The van der Waals surface area contributed by atoms with E-state index in [-0.39, 0.29) is 42.9 Å². The summed E-state index contributed by atoms with van der Waals surface area (Å²) in [7, 11) is 0. The van der Waals surface area contributed by atoms with E-state index in [1.54, 1.807) is 0 Å². The molecule has 0 bridgehead atoms. The molecule has 0 radical (unpaired) electrons. The highest BCUT2D eigenvalue weighted by Crippen LogP contribution is 2.34. The number of carbonyl (C=O) groups excluding carboxylic acids is 1. The highest BCUT2D eigenvalue weighted by Gasteiger charge is 2.41. The highest BCUT2D eigenvalue weighted by molar-refractivity contribution is 5.95. The van der Waals surface area contributed by atoms with E-state index < -0.39 is 30.8 Å². The van der Waals surface area contributed by atoms with Crippen LogP contribution in [-0.4, -0.2) is 42.9 Å². The zero-order valence-corrected chi connectivity index (χ0v) is 13.0. The number of ether oxygens (including phenoxy) is 1. The summed E-state index contributed by atoms with van der Waals surface area (Å²) in [5.74, 6) is -2.17. The van der Waals surface area contributed by atoms with E-state index in [1.165, 1.54) is 11.0 Å². The average molecular weight is 370 g/mol. The van der Waals surface area contributed by atoms with Crippen molar-refractivity contribution in [3.63, 3.8) is 0 Å². The molecule has 10 heteroatoms. The Bertz CT molecular complexity index is 621. The van der Waals surface area contributed by atoms with Crippen LogP contribution >= 0.6 is 0 Å². The molecule has 1 aromatic rings. The van der Waals surface area contributed by atoms with E-state index in [9.17, 15) is 31.1 Å². The molecule has 4 nitrogen and oxygen atoms in total. The Morgan fingerprint density at radius 3 is 2.24 bits per heavy atom. The van der Waals surface area contributed by atoms with Gasteiger partial charge in [-0.1, -0.05) is 0 Å². The quantitative estimate of drug-likeness (QED) is 0.653. The summed E-state index contributed by atoms with van der Waals surface area (Å²) in [6.07, 6.45) is -9.17. The number of halogens is 6. The van der Waals surface area contributed by atoms with Gasteiger partial charge in [0.05, 0.1) is 11.6 Å². The van der Waals surface area contributed by atoms with Gasteiger partial charge in [0.1, 0.15) is 5.75 Å². The molecule has 1 saturated heterocycles. The van der Waals surface area contributed by atoms with Gasteiger partial charge in [-0.3, -0.25) is 4.79 Å². The number of benzene rings is 1. The van der Waals surface area contributed by atoms with Crippen molar-refractivity contribution >= 4 is 11.6 Å². The number of alkyl halides is 6. The van der Waals surface area contributed by atoms with Crippen LogP contribution in [0.2, 0.25) is 0 Å². The fraction of sp³-hybridized carbons (Fsp3) is 0.533. The normalized spacial score (nSPS) is 16.8. The molecule has 140 valence electrons. The monoisotopic (exact) mass is 370 g/mol. The Labute approximate surface area is 139 Å². The van der Waals surface area contributed by atoms with E-state index >= 15 is 0 Å². The third-order valence-corrected chi connectivity index (χ3v) is 3.89. The van der Waals surface area contributed by atoms with E-state index in [4.69, 9.17) is 5.73 Å². The highest BCUT2D eigenvalue weighted by atomic mass is 19.4. The minimum atomic E-state index is -4.52. The summed E-state index contributed by atoms with van der Waals surface area (Å²) in [6.45, 7) is -1.61. The molecule has 0 spiro atoms. The largest absolute Gasteiger partial charge is 0.482 e. The van der Waals surface area contributed by atoms with Crippen LogP contribution in [-0.2, 0) is 0 Å². The van der Waals surface area contributed by atoms with Crippen molar-refractivity contribution in [1.29, 1.82) is 0 Å². The molecule has 0 aliphatic carbocycles. The summed E-state index contributed by atoms with van der Waals surface area (Å²) in [6, 6.07) is 3.53. The van der Waals surface area contributed by atoms with E-state index in [0.29, 0.717) is 0 Å². The maximum Gasteiger partial charge on any atom is 0.422 e. The third-order valence-electron chi connectivity index (χ3n) is 3.89. The molecule has 25 heavy (non-hydrogen) atoms. The first kappa shape index (κ1) is 19.2. The van der Waals surface area contributed by atoms with E-state index in [0.717, 1.165) is 12.1 Å². The Balaban J connectivity index is 2.00. The topological polar surface area (TPSA) is 55.6 Å². The number of hydrogen-bond donors (Lipinski definition) is 1. The fourth-order valence-corrected chi connectivity index (χ4v) is 2.56. The van der Waals surface area contributed by atoms with Crippen molar-refractivity contribution in [3.8, 4) is 5.75 Å². The van der Waals surface area contributed by atoms with E-state index in [1.807, 2.05) is 0 Å². The molecular formula is C15H16F6N2O2.